The molecule has 1 aromatic carbocycles. The molecule has 0 spiro atoms. The number of methoxy groups -OCH3 is 2. The number of hydrogen-bond donors (Lipinski definition) is 2. The number of aliphatic hydroxyl groups is 2. The summed E-state index contributed by atoms with van der Waals surface area (Å²) in [5, 5.41) is 22.3. The molecule has 1 aliphatic heterocycles. The van der Waals surface area contributed by atoms with Gasteiger partial charge >= 0.3 is 0 Å². The van der Waals surface area contributed by atoms with E-state index in [1.165, 1.54) is 5.56 Å². The molecule has 1 saturated carbocycles. The molecule has 0 amide bonds. The van der Waals surface area contributed by atoms with Crippen molar-refractivity contribution in [3.05, 3.63) is 23.3 Å². The predicted molar refractivity (Wildman–Crippen MR) is 90.8 cm³/mol. The first-order valence-corrected chi connectivity index (χ1v) is 8.82. The Morgan fingerprint density at radius 2 is 2.00 bits per heavy atom. The molecule has 0 radical (unpaired) electrons. The van der Waals surface area contributed by atoms with Crippen LogP contribution in [-0.2, 0) is 11.8 Å². The zero-order chi connectivity index (χ0) is 17.1. The highest BCUT2D eigenvalue weighted by Gasteiger charge is 2.65. The van der Waals surface area contributed by atoms with Crippen LogP contribution in [0.3, 0.4) is 0 Å². The number of fused-ring (bicyclic) bond motifs is 1. The van der Waals surface area contributed by atoms with Gasteiger partial charge in [0.05, 0.1) is 25.9 Å². The summed E-state index contributed by atoms with van der Waals surface area (Å²) < 4.78 is 11.3. The number of piperidine rings is 1. The van der Waals surface area contributed by atoms with Gasteiger partial charge in [-0.25, -0.2) is 0 Å². The van der Waals surface area contributed by atoms with Crippen LogP contribution < -0.4 is 9.47 Å². The van der Waals surface area contributed by atoms with Crippen molar-refractivity contribution in [3.8, 4) is 11.5 Å². The van der Waals surface area contributed by atoms with Crippen LogP contribution in [0.5, 0.6) is 11.5 Å². The zero-order valence-electron chi connectivity index (χ0n) is 14.7. The number of benzene rings is 1. The zero-order valence-corrected chi connectivity index (χ0v) is 14.7. The van der Waals surface area contributed by atoms with Gasteiger partial charge in [-0.15, -0.1) is 0 Å². The van der Waals surface area contributed by atoms with E-state index in [-0.39, 0.29) is 12.1 Å². The molecule has 1 saturated heterocycles. The van der Waals surface area contributed by atoms with Gasteiger partial charge in [0.15, 0.2) is 11.5 Å². The summed E-state index contributed by atoms with van der Waals surface area (Å²) in [4.78, 5) is 2.29. The molecule has 24 heavy (non-hydrogen) atoms. The van der Waals surface area contributed by atoms with E-state index >= 15 is 0 Å². The highest BCUT2D eigenvalue weighted by Crippen LogP contribution is 2.61. The number of likely N-dealkylation sites (N-methyl/N-ethyl adjacent to an activating group) is 1. The fraction of sp³-hybridized carbons (Fsp3) is 0.684. The van der Waals surface area contributed by atoms with Gasteiger partial charge in [-0.2, -0.15) is 0 Å². The number of nitrogens with zero attached hydrogens (tertiary/aromatic N) is 1. The summed E-state index contributed by atoms with van der Waals surface area (Å²) in [5.74, 6) is 1.43. The van der Waals surface area contributed by atoms with Gasteiger partial charge in [-0.3, -0.25) is 0 Å². The minimum absolute atomic E-state index is 0.0874. The summed E-state index contributed by atoms with van der Waals surface area (Å²) in [6.07, 6.45) is 3.12. The normalized spacial score (nSPS) is 38.2. The lowest BCUT2D eigenvalue weighted by Crippen LogP contribution is -2.73. The molecule has 2 N–H and O–H groups in total. The minimum Gasteiger partial charge on any atom is -0.493 e. The molecule has 1 aromatic rings. The number of hydrogen-bond acceptors (Lipinski definition) is 5. The maximum Gasteiger partial charge on any atom is 0.164 e. The molecule has 4 rings (SSSR count). The van der Waals surface area contributed by atoms with Crippen molar-refractivity contribution in [2.45, 2.75) is 55.3 Å². The highest BCUT2D eigenvalue weighted by atomic mass is 16.5. The van der Waals surface area contributed by atoms with E-state index in [9.17, 15) is 10.2 Å². The van der Waals surface area contributed by atoms with Crippen LogP contribution in [0.1, 0.15) is 36.8 Å². The first kappa shape index (κ1) is 16.2. The van der Waals surface area contributed by atoms with Crippen LogP contribution in [0.4, 0.5) is 0 Å². The van der Waals surface area contributed by atoms with Crippen molar-refractivity contribution in [1.29, 1.82) is 0 Å². The maximum absolute atomic E-state index is 11.8. The van der Waals surface area contributed by atoms with Gasteiger partial charge in [0, 0.05) is 17.0 Å². The molecule has 5 heteroatoms. The molecule has 132 valence electrons. The first-order chi connectivity index (χ1) is 11.5. The van der Waals surface area contributed by atoms with Crippen molar-refractivity contribution in [2.24, 2.45) is 0 Å². The third-order valence-electron chi connectivity index (χ3n) is 6.77. The highest BCUT2D eigenvalue weighted by molar-refractivity contribution is 5.59. The molecule has 3 aliphatic rings. The molecule has 5 nitrogen and oxygen atoms in total. The van der Waals surface area contributed by atoms with Crippen LogP contribution in [0.25, 0.3) is 0 Å². The smallest absolute Gasteiger partial charge is 0.164 e. The third kappa shape index (κ3) is 1.86. The lowest BCUT2D eigenvalue weighted by atomic mass is 9.49. The van der Waals surface area contributed by atoms with Gasteiger partial charge in [-0.1, -0.05) is 6.07 Å². The topological polar surface area (TPSA) is 62.2 Å². The Labute approximate surface area is 143 Å². The van der Waals surface area contributed by atoms with Gasteiger partial charge in [0.2, 0.25) is 0 Å². The van der Waals surface area contributed by atoms with Crippen LogP contribution in [0, 0.1) is 0 Å². The van der Waals surface area contributed by atoms with E-state index in [1.807, 2.05) is 6.07 Å². The fourth-order valence-corrected chi connectivity index (χ4v) is 5.64. The van der Waals surface area contributed by atoms with E-state index in [1.54, 1.807) is 14.2 Å². The third-order valence-corrected chi connectivity index (χ3v) is 6.77. The largest absolute Gasteiger partial charge is 0.493 e. The van der Waals surface area contributed by atoms with Crippen molar-refractivity contribution < 1.29 is 19.7 Å². The van der Waals surface area contributed by atoms with Crippen molar-refractivity contribution in [2.75, 3.05) is 27.8 Å². The van der Waals surface area contributed by atoms with Crippen LogP contribution >= 0.6 is 0 Å². The molecule has 2 aliphatic carbocycles. The quantitative estimate of drug-likeness (QED) is 0.858. The molecule has 2 fully saturated rings. The Kier molecular flexibility index (Phi) is 3.61. The summed E-state index contributed by atoms with van der Waals surface area (Å²) in [5.41, 5.74) is 0.985. The average Bonchev–Trinajstić information content (AvgIpc) is 2.57. The Bertz CT molecular complexity index is 663. The second kappa shape index (κ2) is 5.35. The molecular weight excluding hydrogens is 306 g/mol. The summed E-state index contributed by atoms with van der Waals surface area (Å²) >= 11 is 0. The van der Waals surface area contributed by atoms with Crippen molar-refractivity contribution in [3.63, 3.8) is 0 Å². The molecule has 4 atom stereocenters. The first-order valence-electron chi connectivity index (χ1n) is 8.82. The Hall–Kier alpha value is -1.30. The van der Waals surface area contributed by atoms with Crippen molar-refractivity contribution in [1.82, 2.24) is 4.90 Å². The van der Waals surface area contributed by atoms with E-state index in [0.29, 0.717) is 25.0 Å². The number of aliphatic hydroxyl groups excluding tert-OH is 1. The lowest BCUT2D eigenvalue weighted by Gasteiger charge is -2.64. The predicted octanol–water partition coefficient (Wildman–Crippen LogP) is 1.48. The van der Waals surface area contributed by atoms with Crippen molar-refractivity contribution >= 4 is 0 Å². The monoisotopic (exact) mass is 333 g/mol. The van der Waals surface area contributed by atoms with Gasteiger partial charge in [-0.05, 0) is 57.3 Å². The van der Waals surface area contributed by atoms with Gasteiger partial charge < -0.3 is 24.6 Å². The molecule has 0 unspecified atom stereocenters. The number of ether oxygens (including phenoxy) is 2. The second-order valence-electron chi connectivity index (χ2n) is 7.69. The van der Waals surface area contributed by atoms with Crippen LogP contribution in [0.15, 0.2) is 12.1 Å². The lowest BCUT2D eigenvalue weighted by molar-refractivity contribution is -0.177. The Morgan fingerprint density at radius 1 is 1.21 bits per heavy atom. The fourth-order valence-electron chi connectivity index (χ4n) is 5.64. The molecular formula is C19H27NO4. The van der Waals surface area contributed by atoms with Crippen LogP contribution in [0.2, 0.25) is 0 Å². The van der Waals surface area contributed by atoms with Gasteiger partial charge in [0.25, 0.3) is 0 Å². The summed E-state index contributed by atoms with van der Waals surface area (Å²) in [7, 11) is 5.40. The summed E-state index contributed by atoms with van der Waals surface area (Å²) in [6, 6.07) is 4.14. The summed E-state index contributed by atoms with van der Waals surface area (Å²) in [6.45, 7) is 0.916. The standard InChI is InChI=1S/C19H27NO4/c1-20-9-8-18-11-13(21)6-7-19(18,22)15(20)10-12-4-5-14(23-2)17(24-3)16(12)18/h4-5,13,15,21-22H,6-11H2,1-3H3/t13-,15+,18+,19-/m1/s1. The van der Waals surface area contributed by atoms with Gasteiger partial charge in [0.1, 0.15) is 0 Å². The van der Waals surface area contributed by atoms with E-state index < -0.39 is 11.0 Å². The molecule has 2 bridgehead atoms. The minimum atomic E-state index is -0.828. The number of likely N-dealkylation sites (tertiary alicyclic amines) is 1. The second-order valence-corrected chi connectivity index (χ2v) is 7.69. The maximum atomic E-state index is 11.8. The molecule has 1 heterocycles. The molecule has 0 aromatic heterocycles. The Morgan fingerprint density at radius 3 is 2.71 bits per heavy atom. The van der Waals surface area contributed by atoms with E-state index in [0.717, 1.165) is 30.7 Å². The van der Waals surface area contributed by atoms with Crippen LogP contribution in [-0.4, -0.2) is 60.7 Å². The number of rotatable bonds is 2. The van der Waals surface area contributed by atoms with E-state index in [2.05, 4.69) is 18.0 Å². The Balaban J connectivity index is 2.00. The van der Waals surface area contributed by atoms with E-state index in [4.69, 9.17) is 9.47 Å². The SMILES string of the molecule is COc1ccc2c(c1OC)[C@@]13CCN(C)[C@@H](C2)[C@]1(O)CC[C@@H](O)C3. The average molecular weight is 333 g/mol.